The molecule has 29 heavy (non-hydrogen) atoms. The molecule has 6 nitrogen and oxygen atoms in total. The summed E-state index contributed by atoms with van der Waals surface area (Å²) in [5.41, 5.74) is 1.13. The Morgan fingerprint density at radius 3 is 2.38 bits per heavy atom. The van der Waals surface area contributed by atoms with E-state index in [1.807, 2.05) is 0 Å². The number of hydrogen-bond acceptors (Lipinski definition) is 6. The quantitative estimate of drug-likeness (QED) is 0.448. The van der Waals surface area contributed by atoms with Crippen molar-refractivity contribution in [1.29, 1.82) is 0 Å². The molecular formula is C20H19Cl2NO5S. The predicted molar refractivity (Wildman–Crippen MR) is 115 cm³/mol. The number of esters is 2. The van der Waals surface area contributed by atoms with Crippen molar-refractivity contribution in [2.45, 2.75) is 20.8 Å². The van der Waals surface area contributed by atoms with Gasteiger partial charge in [-0.25, -0.2) is 9.59 Å². The number of hydrogen-bond donors (Lipinski definition) is 1. The maximum absolute atomic E-state index is 12.4. The highest BCUT2D eigenvalue weighted by molar-refractivity contribution is 7.18. The molecule has 9 heteroatoms. The molecule has 1 N–H and O–H groups in total. The van der Waals surface area contributed by atoms with E-state index in [2.05, 4.69) is 5.32 Å². The van der Waals surface area contributed by atoms with Crippen LogP contribution in [0.5, 0.6) is 0 Å². The molecule has 1 aromatic heterocycles. The molecule has 0 radical (unpaired) electrons. The molecule has 1 amide bonds. The fourth-order valence-corrected chi connectivity index (χ4v) is 3.96. The minimum Gasteiger partial charge on any atom is -0.462 e. The lowest BCUT2D eigenvalue weighted by molar-refractivity contribution is -0.111. The molecule has 0 saturated carbocycles. The molecule has 0 aliphatic rings. The summed E-state index contributed by atoms with van der Waals surface area (Å²) in [6, 6.07) is 4.89. The van der Waals surface area contributed by atoms with Crippen LogP contribution < -0.4 is 5.32 Å². The van der Waals surface area contributed by atoms with Crippen LogP contribution in [0.1, 0.15) is 45.0 Å². The van der Waals surface area contributed by atoms with Gasteiger partial charge in [0.25, 0.3) is 0 Å². The van der Waals surface area contributed by atoms with Gasteiger partial charge in [-0.3, -0.25) is 4.79 Å². The smallest absolute Gasteiger partial charge is 0.348 e. The Kier molecular flexibility index (Phi) is 8.25. The maximum atomic E-state index is 12.4. The summed E-state index contributed by atoms with van der Waals surface area (Å²) in [7, 11) is 0. The van der Waals surface area contributed by atoms with Crippen molar-refractivity contribution in [2.24, 2.45) is 0 Å². The Morgan fingerprint density at radius 1 is 1.10 bits per heavy atom. The average molecular weight is 456 g/mol. The molecule has 0 spiro atoms. The molecule has 0 saturated heterocycles. The number of anilines is 1. The van der Waals surface area contributed by atoms with Crippen molar-refractivity contribution in [3.05, 3.63) is 55.9 Å². The standard InChI is InChI=1S/C20H19Cl2NO5S/c1-4-27-19(25)16-11(3)17(20(26)28-5-2)29-18(16)23-15(24)9-7-12-6-8-13(21)10-14(12)22/h6-10H,4-5H2,1-3H3,(H,23,24)/b9-7-. The molecule has 0 aliphatic carbocycles. The second kappa shape index (κ2) is 10.4. The van der Waals surface area contributed by atoms with Gasteiger partial charge in [0.05, 0.1) is 18.8 Å². The maximum Gasteiger partial charge on any atom is 0.348 e. The highest BCUT2D eigenvalue weighted by Crippen LogP contribution is 2.34. The van der Waals surface area contributed by atoms with Crippen LogP contribution in [-0.2, 0) is 14.3 Å². The summed E-state index contributed by atoms with van der Waals surface area (Å²) in [6.07, 6.45) is 2.79. The summed E-state index contributed by atoms with van der Waals surface area (Å²) in [5.74, 6) is -1.69. The van der Waals surface area contributed by atoms with Crippen LogP contribution in [0.15, 0.2) is 24.3 Å². The van der Waals surface area contributed by atoms with Crippen LogP contribution in [0.4, 0.5) is 5.00 Å². The van der Waals surface area contributed by atoms with Crippen molar-refractivity contribution in [2.75, 3.05) is 18.5 Å². The summed E-state index contributed by atoms with van der Waals surface area (Å²) >= 11 is 12.9. The normalized spacial score (nSPS) is 10.8. The van der Waals surface area contributed by atoms with Gasteiger partial charge in [-0.2, -0.15) is 0 Å². The zero-order chi connectivity index (χ0) is 21.6. The largest absolute Gasteiger partial charge is 0.462 e. The van der Waals surface area contributed by atoms with E-state index >= 15 is 0 Å². The third kappa shape index (κ3) is 5.82. The Bertz CT molecular complexity index is 968. The number of halogens is 2. The second-order valence-corrected chi connectivity index (χ2v) is 7.55. The van der Waals surface area contributed by atoms with Crippen LogP contribution in [0, 0.1) is 6.92 Å². The van der Waals surface area contributed by atoms with Gasteiger partial charge in [-0.1, -0.05) is 29.3 Å². The molecule has 0 fully saturated rings. The van der Waals surface area contributed by atoms with Gasteiger partial charge in [-0.15, -0.1) is 11.3 Å². The zero-order valence-electron chi connectivity index (χ0n) is 16.0. The van der Waals surface area contributed by atoms with Crippen molar-refractivity contribution >= 4 is 63.5 Å². The molecular weight excluding hydrogens is 437 g/mol. The van der Waals surface area contributed by atoms with Gasteiger partial charge in [0.2, 0.25) is 5.91 Å². The van der Waals surface area contributed by atoms with Crippen molar-refractivity contribution in [3.63, 3.8) is 0 Å². The Balaban J connectivity index is 2.30. The van der Waals surface area contributed by atoms with E-state index < -0.39 is 17.8 Å². The molecule has 0 unspecified atom stereocenters. The summed E-state index contributed by atoms with van der Waals surface area (Å²) in [5, 5.41) is 3.71. The highest BCUT2D eigenvalue weighted by atomic mass is 35.5. The number of nitrogens with one attached hydrogen (secondary N) is 1. The van der Waals surface area contributed by atoms with E-state index in [4.69, 9.17) is 32.7 Å². The Morgan fingerprint density at radius 2 is 1.76 bits per heavy atom. The lowest BCUT2D eigenvalue weighted by atomic mass is 10.1. The fourth-order valence-electron chi connectivity index (χ4n) is 2.40. The number of thiophene rings is 1. The first kappa shape index (κ1) is 22.9. The first-order valence-corrected chi connectivity index (χ1v) is 10.3. The minimum atomic E-state index is -0.628. The number of amides is 1. The number of rotatable bonds is 7. The van der Waals surface area contributed by atoms with Crippen molar-refractivity contribution < 1.29 is 23.9 Å². The first-order chi connectivity index (χ1) is 13.8. The third-order valence-corrected chi connectivity index (χ3v) is 5.45. The Labute approximate surface area is 182 Å². The number of carbonyl (C=O) groups excluding carboxylic acids is 3. The molecule has 1 heterocycles. The topological polar surface area (TPSA) is 81.7 Å². The van der Waals surface area contributed by atoms with Gasteiger partial charge < -0.3 is 14.8 Å². The molecule has 0 bridgehead atoms. The monoisotopic (exact) mass is 455 g/mol. The zero-order valence-corrected chi connectivity index (χ0v) is 18.3. The number of benzene rings is 1. The third-order valence-electron chi connectivity index (χ3n) is 3.70. The molecule has 2 rings (SSSR count). The summed E-state index contributed by atoms with van der Waals surface area (Å²) in [6.45, 7) is 5.31. The van der Waals surface area contributed by atoms with E-state index in [1.54, 1.807) is 39.0 Å². The lowest BCUT2D eigenvalue weighted by Crippen LogP contribution is -2.13. The van der Waals surface area contributed by atoms with E-state index in [9.17, 15) is 14.4 Å². The first-order valence-electron chi connectivity index (χ1n) is 8.70. The fraction of sp³-hybridized carbons (Fsp3) is 0.250. The van der Waals surface area contributed by atoms with Crippen LogP contribution in [0.25, 0.3) is 6.08 Å². The second-order valence-electron chi connectivity index (χ2n) is 5.69. The van der Waals surface area contributed by atoms with E-state index in [-0.39, 0.29) is 28.7 Å². The van der Waals surface area contributed by atoms with Gasteiger partial charge in [-0.05, 0) is 50.1 Å². The predicted octanol–water partition coefficient (Wildman–Crippen LogP) is 5.37. The van der Waals surface area contributed by atoms with Crippen LogP contribution in [-0.4, -0.2) is 31.1 Å². The van der Waals surface area contributed by atoms with Gasteiger partial charge in [0.1, 0.15) is 9.88 Å². The van der Waals surface area contributed by atoms with E-state index in [1.165, 1.54) is 12.2 Å². The average Bonchev–Trinajstić information content (AvgIpc) is 2.97. The number of carbonyl (C=O) groups is 3. The number of ether oxygens (including phenoxy) is 2. The molecule has 2 aromatic rings. The van der Waals surface area contributed by atoms with Crippen molar-refractivity contribution in [1.82, 2.24) is 0 Å². The highest BCUT2D eigenvalue weighted by Gasteiger charge is 2.27. The minimum absolute atomic E-state index is 0.131. The van der Waals surface area contributed by atoms with Crippen LogP contribution in [0.2, 0.25) is 10.0 Å². The Hall–Kier alpha value is -2.35. The lowest BCUT2D eigenvalue weighted by Gasteiger charge is -2.05. The van der Waals surface area contributed by atoms with Gasteiger partial charge in [0, 0.05) is 16.1 Å². The molecule has 1 aromatic carbocycles. The molecule has 0 aliphatic heterocycles. The SMILES string of the molecule is CCOC(=O)c1sc(NC(=O)/C=C\c2ccc(Cl)cc2Cl)c(C(=O)OCC)c1C. The summed E-state index contributed by atoms with van der Waals surface area (Å²) in [4.78, 5) is 37.1. The van der Waals surface area contributed by atoms with Crippen LogP contribution >= 0.6 is 34.5 Å². The molecule has 154 valence electrons. The summed E-state index contributed by atoms with van der Waals surface area (Å²) < 4.78 is 10.1. The van der Waals surface area contributed by atoms with Gasteiger partial charge >= 0.3 is 11.9 Å². The van der Waals surface area contributed by atoms with Gasteiger partial charge in [0.15, 0.2) is 0 Å². The van der Waals surface area contributed by atoms with E-state index in [0.29, 0.717) is 21.2 Å². The van der Waals surface area contributed by atoms with Crippen LogP contribution in [0.3, 0.4) is 0 Å². The molecule has 0 atom stereocenters. The van der Waals surface area contributed by atoms with Crippen molar-refractivity contribution in [3.8, 4) is 0 Å². The van der Waals surface area contributed by atoms with E-state index in [0.717, 1.165) is 11.3 Å².